The molecule has 0 saturated carbocycles. The fraction of sp³-hybridized carbons (Fsp3) is 0.235. The molecule has 0 radical (unpaired) electrons. The number of thioether (sulfide) groups is 1. The van der Waals surface area contributed by atoms with Gasteiger partial charge in [-0.15, -0.1) is 11.8 Å². The molecule has 1 amide bonds. The van der Waals surface area contributed by atoms with Crippen molar-refractivity contribution >= 4 is 23.4 Å². The molecule has 0 aliphatic carbocycles. The van der Waals surface area contributed by atoms with E-state index >= 15 is 0 Å². The van der Waals surface area contributed by atoms with Crippen molar-refractivity contribution in [2.24, 2.45) is 0 Å². The summed E-state index contributed by atoms with van der Waals surface area (Å²) in [6.45, 7) is 1.75. The molecular formula is C17H13F4NOS. The van der Waals surface area contributed by atoms with Crippen LogP contribution < -0.4 is 4.90 Å². The first-order chi connectivity index (χ1) is 11.3. The average Bonchev–Trinajstić information content (AvgIpc) is 2.83. The first kappa shape index (κ1) is 16.8. The maximum atomic E-state index is 14.3. The van der Waals surface area contributed by atoms with Gasteiger partial charge in [0.15, 0.2) is 0 Å². The van der Waals surface area contributed by atoms with Crippen molar-refractivity contribution in [2.75, 3.05) is 10.7 Å². The molecule has 2 aromatic rings. The lowest BCUT2D eigenvalue weighted by atomic mass is 10.1. The van der Waals surface area contributed by atoms with Crippen molar-refractivity contribution in [3.8, 4) is 0 Å². The van der Waals surface area contributed by atoms with Crippen LogP contribution in [0.25, 0.3) is 0 Å². The molecule has 24 heavy (non-hydrogen) atoms. The molecule has 1 aliphatic rings. The smallest absolute Gasteiger partial charge is 0.301 e. The topological polar surface area (TPSA) is 20.3 Å². The third-order valence-corrected chi connectivity index (χ3v) is 4.97. The summed E-state index contributed by atoms with van der Waals surface area (Å²) >= 11 is 0.591. The van der Waals surface area contributed by atoms with E-state index in [1.54, 1.807) is 31.2 Å². The normalized spacial score (nSPS) is 14.2. The number of benzene rings is 2. The summed E-state index contributed by atoms with van der Waals surface area (Å²) in [7, 11) is 0. The first-order valence-electron chi connectivity index (χ1n) is 7.16. The van der Waals surface area contributed by atoms with Gasteiger partial charge in [-0.25, -0.2) is 4.39 Å². The number of halogens is 4. The van der Waals surface area contributed by atoms with Gasteiger partial charge in [0, 0.05) is 10.5 Å². The molecule has 0 fully saturated rings. The van der Waals surface area contributed by atoms with Crippen LogP contribution in [-0.4, -0.2) is 17.8 Å². The molecular weight excluding hydrogens is 342 g/mol. The fourth-order valence-electron chi connectivity index (χ4n) is 2.61. The van der Waals surface area contributed by atoms with Gasteiger partial charge >= 0.3 is 6.18 Å². The summed E-state index contributed by atoms with van der Waals surface area (Å²) in [5.41, 5.74) is 1.68. The van der Waals surface area contributed by atoms with E-state index in [0.29, 0.717) is 27.8 Å². The minimum Gasteiger partial charge on any atom is -0.301 e. The van der Waals surface area contributed by atoms with Crippen LogP contribution in [0.5, 0.6) is 0 Å². The van der Waals surface area contributed by atoms with E-state index in [-0.39, 0.29) is 18.1 Å². The van der Waals surface area contributed by atoms with Crippen molar-refractivity contribution in [2.45, 2.75) is 24.5 Å². The number of amides is 1. The van der Waals surface area contributed by atoms with Gasteiger partial charge in [0.2, 0.25) is 0 Å². The van der Waals surface area contributed by atoms with Crippen LogP contribution in [-0.2, 0) is 6.54 Å². The molecule has 2 nitrogen and oxygen atoms in total. The van der Waals surface area contributed by atoms with Crippen LogP contribution in [0.4, 0.5) is 23.2 Å². The Bertz CT molecular complexity index is 804. The molecule has 0 bridgehead atoms. The van der Waals surface area contributed by atoms with Crippen molar-refractivity contribution in [1.82, 2.24) is 0 Å². The number of fused-ring (bicyclic) bond motifs is 1. The van der Waals surface area contributed by atoms with Crippen LogP contribution >= 0.6 is 11.8 Å². The quantitative estimate of drug-likeness (QED) is 0.574. The molecule has 0 spiro atoms. The molecule has 7 heteroatoms. The predicted octanol–water partition coefficient (Wildman–Crippen LogP) is 4.95. The zero-order chi connectivity index (χ0) is 17.5. The Balaban J connectivity index is 1.93. The van der Waals surface area contributed by atoms with E-state index in [1.165, 1.54) is 17.0 Å². The Morgan fingerprint density at radius 2 is 1.92 bits per heavy atom. The monoisotopic (exact) mass is 355 g/mol. The molecule has 1 heterocycles. The molecule has 3 rings (SSSR count). The second kappa shape index (κ2) is 6.12. The number of nitrogens with zero attached hydrogens (tertiary/aromatic N) is 1. The molecule has 1 aliphatic heterocycles. The van der Waals surface area contributed by atoms with E-state index in [4.69, 9.17) is 0 Å². The molecule has 0 N–H and O–H groups in total. The van der Waals surface area contributed by atoms with Crippen LogP contribution in [0.3, 0.4) is 0 Å². The standard InChI is InChI=1S/C17H13F4NOS/c1-10-6-13(18)14(7-15(10)24-9-17(19,20)21)22-8-11-4-2-3-5-12(11)16(22)23/h2-7H,8-9H2,1H3. The highest BCUT2D eigenvalue weighted by Gasteiger charge is 2.31. The molecule has 0 aromatic heterocycles. The minimum absolute atomic E-state index is 0.00599. The molecule has 126 valence electrons. The highest BCUT2D eigenvalue weighted by Crippen LogP contribution is 2.36. The summed E-state index contributed by atoms with van der Waals surface area (Å²) in [5, 5.41) is 0. The van der Waals surface area contributed by atoms with E-state index in [9.17, 15) is 22.4 Å². The van der Waals surface area contributed by atoms with Crippen molar-refractivity contribution in [3.05, 3.63) is 58.9 Å². The van der Waals surface area contributed by atoms with Crippen molar-refractivity contribution in [1.29, 1.82) is 0 Å². The Morgan fingerprint density at radius 1 is 1.21 bits per heavy atom. The largest absolute Gasteiger partial charge is 0.398 e. The summed E-state index contributed by atoms with van der Waals surface area (Å²) < 4.78 is 51.6. The SMILES string of the molecule is Cc1cc(F)c(N2Cc3ccccc3C2=O)cc1SCC(F)(F)F. The molecule has 2 aromatic carbocycles. The highest BCUT2D eigenvalue weighted by atomic mass is 32.2. The van der Waals surface area contributed by atoms with E-state index < -0.39 is 17.7 Å². The Morgan fingerprint density at radius 3 is 2.58 bits per heavy atom. The highest BCUT2D eigenvalue weighted by molar-refractivity contribution is 7.99. The lowest BCUT2D eigenvalue weighted by Gasteiger charge is -2.19. The lowest BCUT2D eigenvalue weighted by Crippen LogP contribution is -2.24. The third-order valence-electron chi connectivity index (χ3n) is 3.75. The van der Waals surface area contributed by atoms with E-state index in [1.807, 2.05) is 0 Å². The summed E-state index contributed by atoms with van der Waals surface area (Å²) in [4.78, 5) is 14.0. The molecule has 0 unspecified atom stereocenters. The van der Waals surface area contributed by atoms with Crippen LogP contribution in [0.1, 0.15) is 21.5 Å². The summed E-state index contributed by atoms with van der Waals surface area (Å²) in [5.74, 6) is -2.03. The number of anilines is 1. The maximum Gasteiger partial charge on any atom is 0.398 e. The van der Waals surface area contributed by atoms with Crippen LogP contribution in [0.2, 0.25) is 0 Å². The average molecular weight is 355 g/mol. The number of hydrogen-bond acceptors (Lipinski definition) is 2. The number of aryl methyl sites for hydroxylation is 1. The number of carbonyl (C=O) groups is 1. The zero-order valence-corrected chi connectivity index (χ0v) is 13.5. The van der Waals surface area contributed by atoms with Crippen molar-refractivity contribution in [3.63, 3.8) is 0 Å². The Labute approximate surface area is 140 Å². The van der Waals surface area contributed by atoms with Crippen molar-refractivity contribution < 1.29 is 22.4 Å². The van der Waals surface area contributed by atoms with Crippen LogP contribution in [0, 0.1) is 12.7 Å². The zero-order valence-electron chi connectivity index (χ0n) is 12.7. The minimum atomic E-state index is -4.31. The number of hydrogen-bond donors (Lipinski definition) is 0. The summed E-state index contributed by atoms with van der Waals surface area (Å²) in [6, 6.07) is 9.43. The first-order valence-corrected chi connectivity index (χ1v) is 8.14. The van der Waals surface area contributed by atoms with Gasteiger partial charge in [0.05, 0.1) is 18.0 Å². The fourth-order valence-corrected chi connectivity index (χ4v) is 3.41. The summed E-state index contributed by atoms with van der Waals surface area (Å²) in [6.07, 6.45) is -4.31. The second-order valence-corrected chi connectivity index (χ2v) is 6.54. The Hall–Kier alpha value is -2.02. The number of carbonyl (C=O) groups excluding carboxylic acids is 1. The maximum absolute atomic E-state index is 14.3. The van der Waals surface area contributed by atoms with E-state index in [2.05, 4.69) is 0 Å². The van der Waals surface area contributed by atoms with Gasteiger partial charge in [-0.05, 0) is 36.2 Å². The van der Waals surface area contributed by atoms with Gasteiger partial charge in [-0.3, -0.25) is 4.79 Å². The van der Waals surface area contributed by atoms with Gasteiger partial charge < -0.3 is 4.90 Å². The van der Waals surface area contributed by atoms with Gasteiger partial charge in [0.25, 0.3) is 5.91 Å². The van der Waals surface area contributed by atoms with Gasteiger partial charge in [-0.1, -0.05) is 18.2 Å². The van der Waals surface area contributed by atoms with E-state index in [0.717, 1.165) is 5.56 Å². The Kier molecular flexibility index (Phi) is 4.29. The van der Waals surface area contributed by atoms with Gasteiger partial charge in [0.1, 0.15) is 5.82 Å². The van der Waals surface area contributed by atoms with Gasteiger partial charge in [-0.2, -0.15) is 13.2 Å². The molecule has 0 atom stereocenters. The van der Waals surface area contributed by atoms with Crippen LogP contribution in [0.15, 0.2) is 41.3 Å². The third kappa shape index (κ3) is 3.26. The molecule has 0 saturated heterocycles. The predicted molar refractivity (Wildman–Crippen MR) is 84.9 cm³/mol. The number of rotatable bonds is 3. The lowest BCUT2D eigenvalue weighted by molar-refractivity contribution is -0.105. The number of alkyl halides is 3. The second-order valence-electron chi connectivity index (χ2n) is 5.52.